The lowest BCUT2D eigenvalue weighted by Crippen LogP contribution is -2.13. The second-order valence-corrected chi connectivity index (χ2v) is 5.61. The Hall–Kier alpha value is -0.800. The number of hydrogen-bond acceptors (Lipinski definition) is 3. The predicted octanol–water partition coefficient (Wildman–Crippen LogP) is 3.79. The Labute approximate surface area is 116 Å². The van der Waals surface area contributed by atoms with Crippen LogP contribution in [0.1, 0.15) is 56.1 Å². The van der Waals surface area contributed by atoms with Gasteiger partial charge in [0, 0.05) is 12.2 Å². The summed E-state index contributed by atoms with van der Waals surface area (Å²) >= 11 is 0. The molecule has 1 fully saturated rings. The highest BCUT2D eigenvalue weighted by molar-refractivity contribution is 5.19. The molecular weight excluding hydrogens is 238 g/mol. The van der Waals surface area contributed by atoms with Crippen molar-refractivity contribution in [2.24, 2.45) is 5.92 Å². The van der Waals surface area contributed by atoms with E-state index in [4.69, 9.17) is 9.15 Å². The van der Waals surface area contributed by atoms with Crippen LogP contribution in [-0.4, -0.2) is 13.2 Å². The second-order valence-electron chi connectivity index (χ2n) is 5.61. The normalized spacial score (nSPS) is 15.7. The fourth-order valence-electron chi connectivity index (χ4n) is 2.42. The molecule has 0 spiro atoms. The summed E-state index contributed by atoms with van der Waals surface area (Å²) in [5.74, 6) is 2.94. The molecule has 1 aliphatic rings. The number of furan rings is 1. The summed E-state index contributed by atoms with van der Waals surface area (Å²) in [5, 5.41) is 3.35. The van der Waals surface area contributed by atoms with Crippen molar-refractivity contribution in [3.63, 3.8) is 0 Å². The van der Waals surface area contributed by atoms with E-state index in [1.165, 1.54) is 31.2 Å². The van der Waals surface area contributed by atoms with Crippen molar-refractivity contribution >= 4 is 0 Å². The van der Waals surface area contributed by atoms with Gasteiger partial charge in [0.05, 0.1) is 13.2 Å². The smallest absolute Gasteiger partial charge is 0.118 e. The summed E-state index contributed by atoms with van der Waals surface area (Å²) in [6, 6.07) is 2.13. The zero-order valence-electron chi connectivity index (χ0n) is 12.3. The molecule has 3 heteroatoms. The van der Waals surface area contributed by atoms with Gasteiger partial charge in [0.15, 0.2) is 0 Å². The molecule has 1 heterocycles. The molecule has 0 aromatic carbocycles. The quantitative estimate of drug-likeness (QED) is 0.690. The minimum absolute atomic E-state index is 0.690. The number of ether oxygens (including phenoxy) is 1. The van der Waals surface area contributed by atoms with Crippen molar-refractivity contribution in [2.45, 2.75) is 59.1 Å². The fraction of sp³-hybridized carbons (Fsp3) is 0.750. The van der Waals surface area contributed by atoms with Gasteiger partial charge in [-0.2, -0.15) is 0 Å². The Balaban J connectivity index is 1.66. The van der Waals surface area contributed by atoms with Crippen molar-refractivity contribution in [3.8, 4) is 0 Å². The van der Waals surface area contributed by atoms with Gasteiger partial charge in [-0.1, -0.05) is 26.2 Å². The number of rotatable bonds is 9. The number of aryl methyl sites for hydroxylation is 1. The van der Waals surface area contributed by atoms with E-state index in [2.05, 4.69) is 18.3 Å². The lowest BCUT2D eigenvalue weighted by molar-refractivity contribution is 0.0942. The van der Waals surface area contributed by atoms with Gasteiger partial charge in [-0.05, 0) is 38.3 Å². The molecule has 1 aromatic heterocycles. The van der Waals surface area contributed by atoms with E-state index in [-0.39, 0.29) is 0 Å². The SMILES string of the molecule is CCCNCc1cc(COCCC2CCC2)c(C)o1. The average Bonchev–Trinajstić information content (AvgIpc) is 2.68. The van der Waals surface area contributed by atoms with Gasteiger partial charge in [-0.25, -0.2) is 0 Å². The molecule has 1 N–H and O–H groups in total. The summed E-state index contributed by atoms with van der Waals surface area (Å²) in [6.07, 6.45) is 6.60. The summed E-state index contributed by atoms with van der Waals surface area (Å²) in [6.45, 7) is 7.62. The first-order valence-electron chi connectivity index (χ1n) is 7.66. The van der Waals surface area contributed by atoms with Gasteiger partial charge >= 0.3 is 0 Å². The van der Waals surface area contributed by atoms with E-state index in [1.807, 2.05) is 6.92 Å². The minimum Gasteiger partial charge on any atom is -0.465 e. The third-order valence-corrected chi connectivity index (χ3v) is 3.95. The van der Waals surface area contributed by atoms with Crippen LogP contribution in [0.25, 0.3) is 0 Å². The van der Waals surface area contributed by atoms with Crippen LogP contribution in [0.15, 0.2) is 10.5 Å². The molecule has 0 saturated heterocycles. The molecule has 1 aromatic rings. The molecule has 2 rings (SSSR count). The largest absolute Gasteiger partial charge is 0.465 e. The minimum atomic E-state index is 0.690. The lowest BCUT2D eigenvalue weighted by Gasteiger charge is -2.24. The van der Waals surface area contributed by atoms with Gasteiger partial charge in [0.25, 0.3) is 0 Å². The van der Waals surface area contributed by atoms with Gasteiger partial charge in [-0.3, -0.25) is 0 Å². The molecule has 1 aliphatic carbocycles. The van der Waals surface area contributed by atoms with E-state index in [1.54, 1.807) is 0 Å². The van der Waals surface area contributed by atoms with Crippen molar-refractivity contribution in [2.75, 3.05) is 13.2 Å². The average molecular weight is 265 g/mol. The molecule has 108 valence electrons. The Morgan fingerprint density at radius 1 is 1.42 bits per heavy atom. The van der Waals surface area contributed by atoms with Crippen LogP contribution in [0.5, 0.6) is 0 Å². The van der Waals surface area contributed by atoms with Crippen LogP contribution in [-0.2, 0) is 17.9 Å². The van der Waals surface area contributed by atoms with Gasteiger partial charge in [-0.15, -0.1) is 0 Å². The third kappa shape index (κ3) is 4.66. The predicted molar refractivity (Wildman–Crippen MR) is 77.1 cm³/mol. The summed E-state index contributed by atoms with van der Waals surface area (Å²) < 4.78 is 11.5. The van der Waals surface area contributed by atoms with Gasteiger partial charge in [0.2, 0.25) is 0 Å². The van der Waals surface area contributed by atoms with Crippen LogP contribution in [0.2, 0.25) is 0 Å². The molecule has 3 nitrogen and oxygen atoms in total. The topological polar surface area (TPSA) is 34.4 Å². The van der Waals surface area contributed by atoms with Crippen LogP contribution in [0.3, 0.4) is 0 Å². The monoisotopic (exact) mass is 265 g/mol. The molecule has 1 saturated carbocycles. The third-order valence-electron chi connectivity index (χ3n) is 3.95. The van der Waals surface area contributed by atoms with E-state index in [0.29, 0.717) is 6.61 Å². The van der Waals surface area contributed by atoms with Crippen molar-refractivity contribution in [1.82, 2.24) is 5.32 Å². The highest BCUT2D eigenvalue weighted by Crippen LogP contribution is 2.29. The zero-order valence-corrected chi connectivity index (χ0v) is 12.3. The zero-order chi connectivity index (χ0) is 13.5. The second kappa shape index (κ2) is 7.71. The van der Waals surface area contributed by atoms with Crippen LogP contribution in [0, 0.1) is 12.8 Å². The Bertz CT molecular complexity index is 369. The Kier molecular flexibility index (Phi) is 5.93. The lowest BCUT2D eigenvalue weighted by atomic mass is 9.83. The number of nitrogens with one attached hydrogen (secondary N) is 1. The summed E-state index contributed by atoms with van der Waals surface area (Å²) in [4.78, 5) is 0. The van der Waals surface area contributed by atoms with E-state index < -0.39 is 0 Å². The molecule has 0 bridgehead atoms. The first-order valence-corrected chi connectivity index (χ1v) is 7.66. The van der Waals surface area contributed by atoms with Crippen LogP contribution in [0.4, 0.5) is 0 Å². The molecule has 0 aliphatic heterocycles. The molecule has 0 radical (unpaired) electrons. The molecule has 0 atom stereocenters. The van der Waals surface area contributed by atoms with E-state index >= 15 is 0 Å². The maximum atomic E-state index is 5.77. The van der Waals surface area contributed by atoms with E-state index in [9.17, 15) is 0 Å². The maximum Gasteiger partial charge on any atom is 0.118 e. The molecular formula is C16H27NO2. The molecule has 19 heavy (non-hydrogen) atoms. The Morgan fingerprint density at radius 3 is 2.95 bits per heavy atom. The number of hydrogen-bond donors (Lipinski definition) is 1. The van der Waals surface area contributed by atoms with Crippen LogP contribution >= 0.6 is 0 Å². The van der Waals surface area contributed by atoms with Crippen molar-refractivity contribution in [3.05, 3.63) is 23.2 Å². The van der Waals surface area contributed by atoms with Gasteiger partial charge in [0.1, 0.15) is 11.5 Å². The van der Waals surface area contributed by atoms with Gasteiger partial charge < -0.3 is 14.5 Å². The fourth-order valence-corrected chi connectivity index (χ4v) is 2.42. The standard InChI is InChI=1S/C16H27NO2/c1-3-8-17-11-16-10-15(13(2)19-16)12-18-9-7-14-5-4-6-14/h10,14,17H,3-9,11-12H2,1-2H3. The first-order chi connectivity index (χ1) is 9.29. The van der Waals surface area contributed by atoms with Crippen LogP contribution < -0.4 is 5.32 Å². The molecule has 0 unspecified atom stereocenters. The van der Waals surface area contributed by atoms with Crippen molar-refractivity contribution in [1.29, 1.82) is 0 Å². The highest BCUT2D eigenvalue weighted by atomic mass is 16.5. The first kappa shape index (κ1) is 14.6. The maximum absolute atomic E-state index is 5.77. The summed E-state index contributed by atoms with van der Waals surface area (Å²) in [5.41, 5.74) is 1.20. The molecule has 0 amide bonds. The van der Waals surface area contributed by atoms with Crippen molar-refractivity contribution < 1.29 is 9.15 Å². The summed E-state index contributed by atoms with van der Waals surface area (Å²) in [7, 11) is 0. The van der Waals surface area contributed by atoms with E-state index in [0.717, 1.165) is 43.6 Å². The Morgan fingerprint density at radius 2 is 2.26 bits per heavy atom. The highest BCUT2D eigenvalue weighted by Gasteiger charge is 2.16.